The van der Waals surface area contributed by atoms with Gasteiger partial charge in [-0.3, -0.25) is 14.7 Å². The van der Waals surface area contributed by atoms with Gasteiger partial charge >= 0.3 is 6.03 Å². The molecule has 1 unspecified atom stereocenters. The van der Waals surface area contributed by atoms with E-state index in [4.69, 9.17) is 10.7 Å². The smallest absolute Gasteiger partial charge is 0.314 e. The average Bonchev–Trinajstić information content (AvgIpc) is 3.01. The highest BCUT2D eigenvalue weighted by atomic mass is 79.9. The first-order chi connectivity index (χ1) is 17.3. The zero-order valence-corrected chi connectivity index (χ0v) is 23.9. The normalized spacial score (nSPS) is 21.0. The molecule has 9 heteroatoms. The lowest BCUT2D eigenvalue weighted by atomic mass is 9.92. The molecule has 1 aromatic carbocycles. The van der Waals surface area contributed by atoms with E-state index in [1.807, 2.05) is 11.1 Å². The molecule has 1 atom stereocenters. The van der Waals surface area contributed by atoms with E-state index in [1.165, 1.54) is 22.3 Å². The zero-order valence-electron chi connectivity index (χ0n) is 20.7. The quantitative estimate of drug-likeness (QED) is 0.552. The number of pyridine rings is 1. The van der Waals surface area contributed by atoms with Crippen molar-refractivity contribution in [2.75, 3.05) is 39.3 Å². The van der Waals surface area contributed by atoms with Gasteiger partial charge in [-0.15, -0.1) is 0 Å². The van der Waals surface area contributed by atoms with Crippen molar-refractivity contribution < 1.29 is 9.59 Å². The number of fused-ring (bicyclic) bond motifs is 2. The molecule has 2 N–H and O–H groups in total. The van der Waals surface area contributed by atoms with Gasteiger partial charge in [0.05, 0.1) is 11.7 Å². The fourth-order valence-corrected chi connectivity index (χ4v) is 7.21. The molecule has 2 fully saturated rings. The van der Waals surface area contributed by atoms with Gasteiger partial charge in [0.1, 0.15) is 0 Å². The Kier molecular flexibility index (Phi) is 7.70. The summed E-state index contributed by atoms with van der Waals surface area (Å²) >= 11 is 7.50. The molecular weight excluding hydrogens is 586 g/mol. The summed E-state index contributed by atoms with van der Waals surface area (Å²) in [6, 6.07) is 6.44. The van der Waals surface area contributed by atoms with Crippen LogP contribution >= 0.6 is 31.9 Å². The molecule has 3 heterocycles. The Hall–Kier alpha value is -1.97. The van der Waals surface area contributed by atoms with Crippen LogP contribution in [0.15, 0.2) is 33.3 Å². The molecular formula is C27H33Br2N5O2. The third-order valence-electron chi connectivity index (χ3n) is 7.95. The second-order valence-electron chi connectivity index (χ2n) is 10.3. The number of piperazine rings is 1. The van der Waals surface area contributed by atoms with E-state index in [1.54, 1.807) is 4.90 Å². The summed E-state index contributed by atoms with van der Waals surface area (Å²) in [6.07, 6.45) is 6.11. The number of hydrogen-bond acceptors (Lipinski definition) is 4. The molecule has 3 amide bonds. The Labute approximate surface area is 229 Å². The van der Waals surface area contributed by atoms with Crippen LogP contribution in [0.25, 0.3) is 0 Å². The van der Waals surface area contributed by atoms with Gasteiger partial charge < -0.3 is 15.5 Å². The van der Waals surface area contributed by atoms with E-state index in [2.05, 4.69) is 61.9 Å². The summed E-state index contributed by atoms with van der Waals surface area (Å²) in [5, 5.41) is 0. The van der Waals surface area contributed by atoms with Crippen LogP contribution in [0.4, 0.5) is 4.79 Å². The molecule has 0 saturated carbocycles. The number of halogens is 2. The Morgan fingerprint density at radius 2 is 1.67 bits per heavy atom. The van der Waals surface area contributed by atoms with Gasteiger partial charge in [-0.1, -0.05) is 22.0 Å². The van der Waals surface area contributed by atoms with Gasteiger partial charge in [-0.25, -0.2) is 4.79 Å². The van der Waals surface area contributed by atoms with Gasteiger partial charge in [0.15, 0.2) is 0 Å². The second-order valence-corrected chi connectivity index (χ2v) is 12.1. The monoisotopic (exact) mass is 617 g/mol. The molecule has 36 heavy (non-hydrogen) atoms. The third kappa shape index (κ3) is 5.34. The van der Waals surface area contributed by atoms with E-state index >= 15 is 0 Å². The maximum Gasteiger partial charge on any atom is 0.314 e. The van der Waals surface area contributed by atoms with Gasteiger partial charge in [-0.05, 0) is 88.8 Å². The Morgan fingerprint density at radius 3 is 2.36 bits per heavy atom. The molecule has 1 aromatic heterocycles. The van der Waals surface area contributed by atoms with Crippen molar-refractivity contribution in [3.8, 4) is 0 Å². The van der Waals surface area contributed by atoms with Crippen molar-refractivity contribution in [3.05, 3.63) is 61.3 Å². The molecule has 0 spiro atoms. The Bertz CT molecular complexity index is 1160. The minimum atomic E-state index is -0.360. The van der Waals surface area contributed by atoms with Crippen LogP contribution in [0.1, 0.15) is 53.3 Å². The maximum atomic E-state index is 13.1. The SMILES string of the molecule is Cc1cc(Br)c2c(c1)CCc1cc(Br)cnc1C2N1CCN(C(=O)CC2CCN(C(N)=O)CC2)CC1. The van der Waals surface area contributed by atoms with Crippen molar-refractivity contribution in [2.24, 2.45) is 11.7 Å². The second kappa shape index (κ2) is 10.8. The molecule has 0 bridgehead atoms. The van der Waals surface area contributed by atoms with E-state index in [9.17, 15) is 9.59 Å². The number of aryl methyl sites for hydroxylation is 3. The van der Waals surface area contributed by atoms with E-state index in [0.717, 1.165) is 66.5 Å². The van der Waals surface area contributed by atoms with E-state index in [0.29, 0.717) is 25.4 Å². The van der Waals surface area contributed by atoms with E-state index < -0.39 is 0 Å². The first kappa shape index (κ1) is 25.7. The molecule has 7 nitrogen and oxygen atoms in total. The van der Waals surface area contributed by atoms with Crippen LogP contribution in [0.5, 0.6) is 0 Å². The molecule has 1 aliphatic carbocycles. The van der Waals surface area contributed by atoms with Crippen molar-refractivity contribution in [1.82, 2.24) is 19.7 Å². The van der Waals surface area contributed by atoms with Gasteiger partial charge in [0, 0.05) is 60.8 Å². The van der Waals surface area contributed by atoms with Crippen molar-refractivity contribution in [3.63, 3.8) is 0 Å². The molecule has 0 radical (unpaired) electrons. The number of piperidine rings is 1. The number of carbonyl (C=O) groups is 2. The summed E-state index contributed by atoms with van der Waals surface area (Å²) in [4.78, 5) is 35.6. The summed E-state index contributed by atoms with van der Waals surface area (Å²) < 4.78 is 2.15. The third-order valence-corrected chi connectivity index (χ3v) is 9.04. The fraction of sp³-hybridized carbons (Fsp3) is 0.519. The lowest BCUT2D eigenvalue weighted by Gasteiger charge is -2.40. The van der Waals surface area contributed by atoms with Crippen molar-refractivity contribution >= 4 is 43.8 Å². The minimum Gasteiger partial charge on any atom is -0.351 e. The summed E-state index contributed by atoms with van der Waals surface area (Å²) in [7, 11) is 0. The van der Waals surface area contributed by atoms with Crippen LogP contribution in [-0.4, -0.2) is 70.9 Å². The number of nitrogens with zero attached hydrogens (tertiary/aromatic N) is 4. The Balaban J connectivity index is 1.31. The first-order valence-corrected chi connectivity index (χ1v) is 14.4. The molecule has 2 aromatic rings. The lowest BCUT2D eigenvalue weighted by molar-refractivity contribution is -0.134. The number of amides is 3. The molecule has 192 valence electrons. The highest BCUT2D eigenvalue weighted by Crippen LogP contribution is 2.41. The van der Waals surface area contributed by atoms with Crippen LogP contribution in [0.3, 0.4) is 0 Å². The summed E-state index contributed by atoms with van der Waals surface area (Å²) in [6.45, 7) is 6.52. The minimum absolute atomic E-state index is 0.0657. The average molecular weight is 619 g/mol. The largest absolute Gasteiger partial charge is 0.351 e. The zero-order chi connectivity index (χ0) is 25.4. The van der Waals surface area contributed by atoms with Gasteiger partial charge in [0.2, 0.25) is 5.91 Å². The highest BCUT2D eigenvalue weighted by Gasteiger charge is 2.35. The van der Waals surface area contributed by atoms with Crippen molar-refractivity contribution in [1.29, 1.82) is 0 Å². The van der Waals surface area contributed by atoms with E-state index in [-0.39, 0.29) is 18.0 Å². The Morgan fingerprint density at radius 1 is 0.972 bits per heavy atom. The number of likely N-dealkylation sites (tertiary alicyclic amines) is 1. The highest BCUT2D eigenvalue weighted by molar-refractivity contribution is 9.10. The number of carbonyl (C=O) groups excluding carboxylic acids is 2. The molecule has 5 rings (SSSR count). The molecule has 2 aliphatic heterocycles. The number of benzene rings is 1. The predicted molar refractivity (Wildman–Crippen MR) is 147 cm³/mol. The molecule has 2 saturated heterocycles. The maximum absolute atomic E-state index is 13.1. The van der Waals surface area contributed by atoms with Crippen LogP contribution in [-0.2, 0) is 17.6 Å². The summed E-state index contributed by atoms with van der Waals surface area (Å²) in [5.74, 6) is 0.557. The number of rotatable bonds is 3. The predicted octanol–water partition coefficient (Wildman–Crippen LogP) is 4.43. The van der Waals surface area contributed by atoms with Crippen LogP contribution in [0, 0.1) is 12.8 Å². The number of hydrogen-bond donors (Lipinski definition) is 1. The van der Waals surface area contributed by atoms with Gasteiger partial charge in [0.25, 0.3) is 0 Å². The topological polar surface area (TPSA) is 82.8 Å². The fourth-order valence-electron chi connectivity index (χ4n) is 6.00. The standard InChI is InChI=1S/C27H33Br2N5O2/c1-17-12-19-2-3-20-15-21(28)16-31-25(20)26(24(19)22(29)13-17)33-10-8-32(9-11-33)23(35)14-18-4-6-34(7-5-18)27(30)36/h12-13,15-16,18,26H,2-11,14H2,1H3,(H2,30,36). The number of primary amides is 1. The lowest BCUT2D eigenvalue weighted by Crippen LogP contribution is -2.50. The van der Waals surface area contributed by atoms with Crippen molar-refractivity contribution in [2.45, 2.75) is 45.1 Å². The number of nitrogens with two attached hydrogens (primary N) is 1. The molecule has 3 aliphatic rings. The summed E-state index contributed by atoms with van der Waals surface area (Å²) in [5.41, 5.74) is 11.8. The first-order valence-electron chi connectivity index (χ1n) is 12.8. The number of urea groups is 1. The number of aromatic nitrogens is 1. The van der Waals surface area contributed by atoms with Gasteiger partial charge in [-0.2, -0.15) is 0 Å². The van der Waals surface area contributed by atoms with Crippen LogP contribution < -0.4 is 5.73 Å². The van der Waals surface area contributed by atoms with Crippen LogP contribution in [0.2, 0.25) is 0 Å².